The number of amides is 1. The Morgan fingerprint density at radius 3 is 2.43 bits per heavy atom. The molecule has 21 heavy (non-hydrogen) atoms. The van der Waals surface area contributed by atoms with Crippen molar-refractivity contribution in [1.82, 2.24) is 5.32 Å². The van der Waals surface area contributed by atoms with Crippen molar-refractivity contribution in [3.05, 3.63) is 35.4 Å². The summed E-state index contributed by atoms with van der Waals surface area (Å²) in [6.07, 6.45) is 1.44. The van der Waals surface area contributed by atoms with Crippen LogP contribution in [-0.4, -0.2) is 41.7 Å². The van der Waals surface area contributed by atoms with Gasteiger partial charge in [0.2, 0.25) is 0 Å². The molecule has 1 aromatic carbocycles. The van der Waals surface area contributed by atoms with Gasteiger partial charge in [-0.1, -0.05) is 31.5 Å². The van der Waals surface area contributed by atoms with Gasteiger partial charge in [-0.3, -0.25) is 9.35 Å². The molecule has 0 unspecified atom stereocenters. The predicted molar refractivity (Wildman–Crippen MR) is 75.7 cm³/mol. The molecule has 0 aliphatic carbocycles. The number of benzene rings is 1. The molecule has 3 N–H and O–H groups in total. The number of hydrogen-bond donors (Lipinski definition) is 3. The fraction of sp³-hybridized carbons (Fsp3) is 0.385. The molecule has 1 amide bonds. The molecule has 0 aromatic heterocycles. The largest absolute Gasteiger partial charge is 0.480 e. The number of aliphatic carboxylic acids is 1. The maximum atomic E-state index is 12.1. The molecular formula is C13H17NO6S. The normalized spacial score (nSPS) is 12.7. The average Bonchev–Trinajstić information content (AvgIpc) is 2.37. The van der Waals surface area contributed by atoms with Gasteiger partial charge in [-0.15, -0.1) is 0 Å². The van der Waals surface area contributed by atoms with E-state index in [-0.39, 0.29) is 0 Å². The lowest BCUT2D eigenvalue weighted by Crippen LogP contribution is -2.45. The Morgan fingerprint density at radius 2 is 1.90 bits per heavy atom. The summed E-state index contributed by atoms with van der Waals surface area (Å²) in [4.78, 5) is 23.1. The zero-order valence-electron chi connectivity index (χ0n) is 11.4. The lowest BCUT2D eigenvalue weighted by molar-refractivity contribution is -0.138. The fourth-order valence-electron chi connectivity index (χ4n) is 1.85. The van der Waals surface area contributed by atoms with Crippen LogP contribution in [0, 0.1) is 0 Å². The van der Waals surface area contributed by atoms with Crippen LogP contribution in [0.25, 0.3) is 0 Å². The molecule has 1 atom stereocenters. The van der Waals surface area contributed by atoms with Gasteiger partial charge >= 0.3 is 5.97 Å². The molecule has 116 valence electrons. The Morgan fingerprint density at radius 1 is 1.29 bits per heavy atom. The molecule has 0 spiro atoms. The summed E-state index contributed by atoms with van der Waals surface area (Å²) in [5, 5.41) is 11.0. The van der Waals surface area contributed by atoms with Crippen molar-refractivity contribution in [1.29, 1.82) is 0 Å². The number of aryl methyl sites for hydroxylation is 1. The van der Waals surface area contributed by atoms with E-state index < -0.39 is 33.8 Å². The first kappa shape index (κ1) is 17.1. The second-order valence-electron chi connectivity index (χ2n) is 4.52. The van der Waals surface area contributed by atoms with Crippen molar-refractivity contribution >= 4 is 22.0 Å². The minimum absolute atomic E-state index is 0.293. The van der Waals surface area contributed by atoms with Gasteiger partial charge in [-0.2, -0.15) is 8.42 Å². The van der Waals surface area contributed by atoms with Gasteiger partial charge < -0.3 is 10.4 Å². The zero-order chi connectivity index (χ0) is 16.0. The van der Waals surface area contributed by atoms with Crippen molar-refractivity contribution < 1.29 is 27.7 Å². The topological polar surface area (TPSA) is 121 Å². The third-order valence-electron chi connectivity index (χ3n) is 2.76. The van der Waals surface area contributed by atoms with Gasteiger partial charge in [0, 0.05) is 5.56 Å². The fourth-order valence-corrected chi connectivity index (χ4v) is 2.50. The van der Waals surface area contributed by atoms with E-state index >= 15 is 0 Å². The maximum Gasteiger partial charge on any atom is 0.327 e. The smallest absolute Gasteiger partial charge is 0.327 e. The summed E-state index contributed by atoms with van der Waals surface area (Å²) < 4.78 is 30.3. The number of rotatable bonds is 7. The Balaban J connectivity index is 2.95. The molecule has 0 heterocycles. The van der Waals surface area contributed by atoms with Crippen LogP contribution in [0.15, 0.2) is 24.3 Å². The summed E-state index contributed by atoms with van der Waals surface area (Å²) in [5.74, 6) is -3.30. The lowest BCUT2D eigenvalue weighted by atomic mass is 10.0. The van der Waals surface area contributed by atoms with Gasteiger partial charge in [-0.25, -0.2) is 4.79 Å². The van der Waals surface area contributed by atoms with Crippen LogP contribution in [0.5, 0.6) is 0 Å². The zero-order valence-corrected chi connectivity index (χ0v) is 12.3. The van der Waals surface area contributed by atoms with E-state index in [1.165, 1.54) is 6.07 Å². The second-order valence-corrected chi connectivity index (χ2v) is 6.02. The van der Waals surface area contributed by atoms with Crippen molar-refractivity contribution in [3.8, 4) is 0 Å². The van der Waals surface area contributed by atoms with E-state index in [1.807, 2.05) is 6.92 Å². The molecule has 0 saturated heterocycles. The molecule has 0 fully saturated rings. The van der Waals surface area contributed by atoms with Crippen molar-refractivity contribution in [2.45, 2.75) is 25.8 Å². The number of hydrogen-bond acceptors (Lipinski definition) is 4. The molecule has 0 saturated carbocycles. The minimum Gasteiger partial charge on any atom is -0.480 e. The van der Waals surface area contributed by atoms with Gasteiger partial charge in [-0.05, 0) is 18.1 Å². The molecule has 0 radical (unpaired) electrons. The van der Waals surface area contributed by atoms with E-state index in [9.17, 15) is 18.0 Å². The summed E-state index contributed by atoms with van der Waals surface area (Å²) >= 11 is 0. The SMILES string of the molecule is CCCc1ccccc1C(=O)N[C@@H](CS(=O)(=O)O)C(=O)O. The third-order valence-corrected chi connectivity index (χ3v) is 3.52. The average molecular weight is 315 g/mol. The Hall–Kier alpha value is -1.93. The highest BCUT2D eigenvalue weighted by atomic mass is 32.2. The lowest BCUT2D eigenvalue weighted by Gasteiger charge is -2.14. The van der Waals surface area contributed by atoms with Crippen molar-refractivity contribution in [2.24, 2.45) is 0 Å². The Bertz CT molecular complexity index is 625. The van der Waals surface area contributed by atoms with Gasteiger partial charge in [0.15, 0.2) is 0 Å². The summed E-state index contributed by atoms with van der Waals surface area (Å²) in [5.41, 5.74) is 1.04. The maximum absolute atomic E-state index is 12.1. The van der Waals surface area contributed by atoms with E-state index in [1.54, 1.807) is 18.2 Å². The molecule has 0 bridgehead atoms. The monoisotopic (exact) mass is 315 g/mol. The molecule has 7 nitrogen and oxygen atoms in total. The molecular weight excluding hydrogens is 298 g/mol. The number of nitrogens with one attached hydrogen (secondary N) is 1. The van der Waals surface area contributed by atoms with Crippen LogP contribution in [0.3, 0.4) is 0 Å². The summed E-state index contributed by atoms with van der Waals surface area (Å²) in [6.45, 7) is 1.94. The first-order valence-electron chi connectivity index (χ1n) is 6.31. The number of carboxylic acid groups (broad SMARTS) is 1. The van der Waals surface area contributed by atoms with Gasteiger partial charge in [0.05, 0.1) is 0 Å². The van der Waals surface area contributed by atoms with Gasteiger partial charge in [0.25, 0.3) is 16.0 Å². The van der Waals surface area contributed by atoms with Crippen LogP contribution in [0.1, 0.15) is 29.3 Å². The quantitative estimate of drug-likeness (QED) is 0.637. The Labute approximate surface area is 122 Å². The third kappa shape index (κ3) is 5.52. The van der Waals surface area contributed by atoms with Crippen molar-refractivity contribution in [3.63, 3.8) is 0 Å². The summed E-state index contributed by atoms with van der Waals surface area (Å²) in [7, 11) is -4.51. The predicted octanol–water partition coefficient (Wildman–Crippen LogP) is 0.710. The Kier molecular flexibility index (Phi) is 5.86. The second kappa shape index (κ2) is 7.19. The number of carboxylic acids is 1. The first-order valence-corrected chi connectivity index (χ1v) is 7.92. The van der Waals surface area contributed by atoms with Crippen LogP contribution in [-0.2, 0) is 21.3 Å². The highest BCUT2D eigenvalue weighted by molar-refractivity contribution is 7.85. The van der Waals surface area contributed by atoms with E-state index in [0.29, 0.717) is 12.0 Å². The van der Waals surface area contributed by atoms with Crippen LogP contribution < -0.4 is 5.32 Å². The molecule has 1 rings (SSSR count). The highest BCUT2D eigenvalue weighted by Crippen LogP contribution is 2.11. The highest BCUT2D eigenvalue weighted by Gasteiger charge is 2.26. The van der Waals surface area contributed by atoms with E-state index in [4.69, 9.17) is 9.66 Å². The minimum atomic E-state index is -4.51. The molecule has 0 aliphatic heterocycles. The molecule has 1 aromatic rings. The van der Waals surface area contributed by atoms with Crippen LogP contribution in [0.4, 0.5) is 0 Å². The molecule has 0 aliphatic rings. The van der Waals surface area contributed by atoms with Crippen molar-refractivity contribution in [2.75, 3.05) is 5.75 Å². The number of carbonyl (C=O) groups is 2. The van der Waals surface area contributed by atoms with Crippen LogP contribution in [0.2, 0.25) is 0 Å². The summed E-state index contributed by atoms with van der Waals surface area (Å²) in [6, 6.07) is 4.97. The van der Waals surface area contributed by atoms with E-state index in [0.717, 1.165) is 12.0 Å². The molecule has 8 heteroatoms. The van der Waals surface area contributed by atoms with Crippen LogP contribution >= 0.6 is 0 Å². The van der Waals surface area contributed by atoms with E-state index in [2.05, 4.69) is 5.32 Å². The van der Waals surface area contributed by atoms with Gasteiger partial charge in [0.1, 0.15) is 11.8 Å². The number of carbonyl (C=O) groups excluding carboxylic acids is 1. The first-order chi connectivity index (χ1) is 9.74. The standard InChI is InChI=1S/C13H17NO6S/c1-2-5-9-6-3-4-7-10(9)12(15)14-11(13(16)17)8-21(18,19)20/h3-4,6-7,11H,2,5,8H2,1H3,(H,14,15)(H,16,17)(H,18,19,20)/t11-/m0/s1.